The molecule has 6 heteroatoms. The molecular weight excluding hydrogens is 420 g/mol. The second-order valence-electron chi connectivity index (χ2n) is 9.39. The minimum atomic E-state index is -2.72. The second kappa shape index (κ2) is 10.9. The van der Waals surface area contributed by atoms with Gasteiger partial charge in [-0.3, -0.25) is 4.79 Å². The summed E-state index contributed by atoms with van der Waals surface area (Å²) in [6.45, 7) is 12.2. The molecule has 0 radical (unpaired) electrons. The first-order valence-corrected chi connectivity index (χ1v) is 13.0. The number of ketones is 1. The van der Waals surface area contributed by atoms with Crippen molar-refractivity contribution in [2.75, 3.05) is 13.7 Å². The predicted molar refractivity (Wildman–Crippen MR) is 130 cm³/mol. The molecule has 0 N–H and O–H groups in total. The highest BCUT2D eigenvalue weighted by Crippen LogP contribution is 2.37. The van der Waals surface area contributed by atoms with Crippen LogP contribution < -0.4 is 10.4 Å². The molecule has 0 saturated heterocycles. The van der Waals surface area contributed by atoms with E-state index in [4.69, 9.17) is 13.9 Å². The fourth-order valence-electron chi connectivity index (χ4n) is 4.21. The summed E-state index contributed by atoms with van der Waals surface area (Å²) in [5, 5.41) is 2.19. The molecule has 0 unspecified atom stereocenters. The summed E-state index contributed by atoms with van der Waals surface area (Å²) < 4.78 is 17.1. The van der Waals surface area contributed by atoms with E-state index in [1.165, 1.54) is 24.4 Å². The third kappa shape index (κ3) is 5.67. The molecule has 0 amide bonds. The average molecular weight is 457 g/mol. The predicted octanol–water partition coefficient (Wildman–Crippen LogP) is 4.58. The summed E-state index contributed by atoms with van der Waals surface area (Å²) in [5.41, 5.74) is 0. The van der Waals surface area contributed by atoms with Crippen LogP contribution in [0, 0.1) is 11.8 Å². The summed E-state index contributed by atoms with van der Waals surface area (Å²) >= 11 is 0. The SMILES string of the molecule is COC(=O)O[C@H]([C@@H](C)CO[Si](c1ccccc1)(c1ccccc1)C(C)(C)C)[C@@H](C)C(C)=O. The van der Waals surface area contributed by atoms with E-state index in [1.807, 2.05) is 43.3 Å². The zero-order valence-corrected chi connectivity index (χ0v) is 21.3. The summed E-state index contributed by atoms with van der Waals surface area (Å²) in [6.07, 6.45) is -1.43. The number of benzene rings is 2. The van der Waals surface area contributed by atoms with E-state index >= 15 is 0 Å². The number of hydrogen-bond acceptors (Lipinski definition) is 5. The maximum Gasteiger partial charge on any atom is 0.508 e. The highest BCUT2D eigenvalue weighted by molar-refractivity contribution is 6.99. The molecule has 2 aromatic rings. The van der Waals surface area contributed by atoms with E-state index in [2.05, 4.69) is 45.0 Å². The Labute approximate surface area is 193 Å². The molecule has 0 aliphatic rings. The maximum atomic E-state index is 12.1. The number of carbonyl (C=O) groups is 2. The quantitative estimate of drug-likeness (QED) is 0.408. The average Bonchev–Trinajstić information content (AvgIpc) is 2.77. The van der Waals surface area contributed by atoms with Crippen molar-refractivity contribution in [3.8, 4) is 0 Å². The van der Waals surface area contributed by atoms with Crippen LogP contribution in [0.3, 0.4) is 0 Å². The zero-order valence-electron chi connectivity index (χ0n) is 20.3. The Bertz CT molecular complexity index is 837. The van der Waals surface area contributed by atoms with Gasteiger partial charge in [-0.2, -0.15) is 0 Å². The van der Waals surface area contributed by atoms with Crippen molar-refractivity contribution in [2.24, 2.45) is 11.8 Å². The van der Waals surface area contributed by atoms with Crippen molar-refractivity contribution in [2.45, 2.75) is 52.7 Å². The minimum Gasteiger partial charge on any atom is -0.438 e. The largest absolute Gasteiger partial charge is 0.508 e. The van der Waals surface area contributed by atoms with E-state index < -0.39 is 26.5 Å². The third-order valence-corrected chi connectivity index (χ3v) is 11.1. The molecule has 32 heavy (non-hydrogen) atoms. The first-order valence-electron chi connectivity index (χ1n) is 11.0. The van der Waals surface area contributed by atoms with Crippen LogP contribution in [0.25, 0.3) is 0 Å². The molecule has 0 saturated carbocycles. The zero-order chi connectivity index (χ0) is 23.9. The van der Waals surface area contributed by atoms with Crippen molar-refractivity contribution >= 4 is 30.6 Å². The summed E-state index contributed by atoms with van der Waals surface area (Å²) in [4.78, 5) is 24.0. The first-order chi connectivity index (χ1) is 15.0. The topological polar surface area (TPSA) is 61.8 Å². The molecule has 0 fully saturated rings. The molecule has 2 rings (SSSR count). The van der Waals surface area contributed by atoms with Gasteiger partial charge in [-0.1, -0.05) is 95.3 Å². The standard InChI is InChI=1S/C26H36O5Si/c1-19(24(20(2)21(3)27)31-25(28)29-7)18-30-32(26(4,5)6,22-14-10-8-11-15-22)23-16-12-9-13-17-23/h8-17,19-20,24H,18H2,1-7H3/t19-,20-,24+/m0/s1. The van der Waals surface area contributed by atoms with Gasteiger partial charge in [0.2, 0.25) is 0 Å². The van der Waals surface area contributed by atoms with Crippen LogP contribution in [0.5, 0.6) is 0 Å². The molecule has 174 valence electrons. The number of rotatable bonds is 9. The van der Waals surface area contributed by atoms with E-state index in [9.17, 15) is 9.59 Å². The number of carbonyl (C=O) groups excluding carboxylic acids is 2. The van der Waals surface area contributed by atoms with Crippen LogP contribution in [0.1, 0.15) is 41.5 Å². The molecule has 0 aromatic heterocycles. The monoisotopic (exact) mass is 456 g/mol. The summed E-state index contributed by atoms with van der Waals surface area (Å²) in [6, 6.07) is 20.7. The molecule has 5 nitrogen and oxygen atoms in total. The van der Waals surface area contributed by atoms with Crippen LogP contribution in [-0.2, 0) is 18.7 Å². The fraction of sp³-hybridized carbons (Fsp3) is 0.462. The first kappa shape index (κ1) is 25.8. The molecule has 0 spiro atoms. The van der Waals surface area contributed by atoms with E-state index in [0.717, 1.165) is 0 Å². The molecule has 0 heterocycles. The van der Waals surface area contributed by atoms with Gasteiger partial charge in [-0.25, -0.2) is 4.79 Å². The molecular formula is C26H36O5Si. The fourth-order valence-corrected chi connectivity index (χ4v) is 8.88. The number of hydrogen-bond donors (Lipinski definition) is 0. The highest BCUT2D eigenvalue weighted by atomic mass is 28.4. The molecule has 3 atom stereocenters. The lowest BCUT2D eigenvalue weighted by Crippen LogP contribution is -2.67. The van der Waals surface area contributed by atoms with Crippen molar-refractivity contribution in [1.82, 2.24) is 0 Å². The van der Waals surface area contributed by atoms with Gasteiger partial charge in [0.1, 0.15) is 11.9 Å². The Morgan fingerprint density at radius 1 is 0.906 bits per heavy atom. The molecule has 0 aliphatic heterocycles. The van der Waals surface area contributed by atoms with Crippen LogP contribution >= 0.6 is 0 Å². The van der Waals surface area contributed by atoms with Crippen LogP contribution in [0.2, 0.25) is 5.04 Å². The van der Waals surface area contributed by atoms with E-state index in [-0.39, 0.29) is 16.7 Å². The molecule has 2 aromatic carbocycles. The van der Waals surface area contributed by atoms with Crippen LogP contribution in [0.15, 0.2) is 60.7 Å². The Kier molecular flexibility index (Phi) is 8.81. The lowest BCUT2D eigenvalue weighted by Gasteiger charge is -2.44. The minimum absolute atomic E-state index is 0.0452. The van der Waals surface area contributed by atoms with Gasteiger partial charge in [-0.15, -0.1) is 0 Å². The van der Waals surface area contributed by atoms with E-state index in [0.29, 0.717) is 6.61 Å². The van der Waals surface area contributed by atoms with Gasteiger partial charge in [0, 0.05) is 12.5 Å². The van der Waals surface area contributed by atoms with E-state index in [1.54, 1.807) is 6.92 Å². The van der Waals surface area contributed by atoms with Crippen molar-refractivity contribution in [3.05, 3.63) is 60.7 Å². The normalized spacial score (nSPS) is 14.8. The van der Waals surface area contributed by atoms with Crippen molar-refractivity contribution in [3.63, 3.8) is 0 Å². The Hall–Kier alpha value is -2.44. The number of ether oxygens (including phenoxy) is 2. The van der Waals surface area contributed by atoms with Crippen LogP contribution in [-0.4, -0.2) is 40.1 Å². The van der Waals surface area contributed by atoms with Gasteiger partial charge >= 0.3 is 6.16 Å². The van der Waals surface area contributed by atoms with Gasteiger partial charge in [-0.05, 0) is 22.3 Å². The number of Topliss-reactive ketones (excluding diaryl/α,β-unsaturated/α-hetero) is 1. The maximum absolute atomic E-state index is 12.1. The lowest BCUT2D eigenvalue weighted by molar-refractivity contribution is -0.125. The summed E-state index contributed by atoms with van der Waals surface area (Å²) in [5.74, 6) is -0.724. The van der Waals surface area contributed by atoms with Gasteiger partial charge in [0.05, 0.1) is 13.0 Å². The Balaban J connectivity index is 2.48. The van der Waals surface area contributed by atoms with Gasteiger partial charge in [0.25, 0.3) is 8.32 Å². The van der Waals surface area contributed by atoms with Gasteiger partial charge in [0.15, 0.2) is 0 Å². The van der Waals surface area contributed by atoms with Crippen molar-refractivity contribution < 1.29 is 23.5 Å². The highest BCUT2D eigenvalue weighted by Gasteiger charge is 2.50. The third-order valence-electron chi connectivity index (χ3n) is 6.07. The smallest absolute Gasteiger partial charge is 0.438 e. The summed E-state index contributed by atoms with van der Waals surface area (Å²) in [7, 11) is -1.46. The lowest BCUT2D eigenvalue weighted by atomic mass is 9.91. The second-order valence-corrected chi connectivity index (χ2v) is 13.7. The molecule has 0 bridgehead atoms. The Morgan fingerprint density at radius 3 is 1.75 bits per heavy atom. The molecule has 0 aliphatic carbocycles. The van der Waals surface area contributed by atoms with Crippen molar-refractivity contribution in [1.29, 1.82) is 0 Å². The Morgan fingerprint density at radius 2 is 1.38 bits per heavy atom. The number of methoxy groups -OCH3 is 1. The van der Waals surface area contributed by atoms with Gasteiger partial charge < -0.3 is 13.9 Å². The van der Waals surface area contributed by atoms with Crippen LogP contribution in [0.4, 0.5) is 4.79 Å².